The van der Waals surface area contributed by atoms with E-state index in [2.05, 4.69) is 55.4 Å². The van der Waals surface area contributed by atoms with Crippen LogP contribution in [0, 0.1) is 0 Å². The Labute approximate surface area is 191 Å². The number of nitrogens with zero attached hydrogens (tertiary/aromatic N) is 3. The normalized spacial score (nSPS) is 17.1. The minimum absolute atomic E-state index is 0.0765. The fraction of sp³-hybridized carbons (Fsp3) is 0.440. The molecular weight excluding hydrogens is 404 g/mol. The van der Waals surface area contributed by atoms with E-state index in [1.165, 1.54) is 11.3 Å². The second kappa shape index (κ2) is 9.51. The Morgan fingerprint density at radius 3 is 2.75 bits per heavy atom. The van der Waals surface area contributed by atoms with Crippen LogP contribution in [0.25, 0.3) is 0 Å². The van der Waals surface area contributed by atoms with Crippen LogP contribution in [0.1, 0.15) is 44.2 Å². The molecule has 0 radical (unpaired) electrons. The number of benzene rings is 2. The predicted molar refractivity (Wildman–Crippen MR) is 131 cm³/mol. The SMILES string of the molecule is COc1cc2c(cc1/C=N/NC(=O)COc1cccc(N(C)C)c1)C(C)CC(C)(C)N2C. The van der Waals surface area contributed by atoms with E-state index in [4.69, 9.17) is 9.47 Å². The van der Waals surface area contributed by atoms with Crippen molar-refractivity contribution in [1.29, 1.82) is 0 Å². The van der Waals surface area contributed by atoms with Gasteiger partial charge in [-0.3, -0.25) is 4.79 Å². The molecule has 0 bridgehead atoms. The van der Waals surface area contributed by atoms with E-state index >= 15 is 0 Å². The number of rotatable bonds is 7. The molecule has 2 aromatic rings. The lowest BCUT2D eigenvalue weighted by Crippen LogP contribution is -2.45. The highest BCUT2D eigenvalue weighted by Crippen LogP contribution is 2.44. The maximum Gasteiger partial charge on any atom is 0.277 e. The molecule has 1 N–H and O–H groups in total. The van der Waals surface area contributed by atoms with Crippen molar-refractivity contribution in [2.24, 2.45) is 5.10 Å². The lowest BCUT2D eigenvalue weighted by molar-refractivity contribution is -0.123. The molecule has 172 valence electrons. The largest absolute Gasteiger partial charge is 0.496 e. The molecule has 0 spiro atoms. The second-order valence-electron chi connectivity index (χ2n) is 9.10. The Morgan fingerprint density at radius 1 is 1.31 bits per heavy atom. The summed E-state index contributed by atoms with van der Waals surface area (Å²) in [5.74, 6) is 1.43. The number of nitrogens with one attached hydrogen (secondary N) is 1. The molecule has 1 aliphatic heterocycles. The predicted octanol–water partition coefficient (Wildman–Crippen LogP) is 4.01. The van der Waals surface area contributed by atoms with Crippen LogP contribution in [-0.2, 0) is 4.79 Å². The summed E-state index contributed by atoms with van der Waals surface area (Å²) in [4.78, 5) is 16.5. The highest BCUT2D eigenvalue weighted by Gasteiger charge is 2.34. The molecule has 0 aromatic heterocycles. The van der Waals surface area contributed by atoms with E-state index in [0.29, 0.717) is 11.7 Å². The summed E-state index contributed by atoms with van der Waals surface area (Å²) >= 11 is 0. The molecule has 0 saturated heterocycles. The quantitative estimate of drug-likeness (QED) is 0.523. The summed E-state index contributed by atoms with van der Waals surface area (Å²) in [6.07, 6.45) is 2.68. The molecule has 1 unspecified atom stereocenters. The molecule has 1 heterocycles. The molecule has 2 aromatic carbocycles. The van der Waals surface area contributed by atoms with Gasteiger partial charge in [0.2, 0.25) is 0 Å². The Hall–Kier alpha value is -3.22. The topological polar surface area (TPSA) is 66.4 Å². The number of hydrazone groups is 1. The number of fused-ring (bicyclic) bond motifs is 1. The zero-order valence-corrected chi connectivity index (χ0v) is 20.1. The number of anilines is 2. The average molecular weight is 439 g/mol. The van der Waals surface area contributed by atoms with Crippen LogP contribution in [0.2, 0.25) is 0 Å². The van der Waals surface area contributed by atoms with Crippen LogP contribution in [0.15, 0.2) is 41.5 Å². The first kappa shape index (κ1) is 23.4. The number of carbonyl (C=O) groups is 1. The number of hydrogen-bond acceptors (Lipinski definition) is 6. The van der Waals surface area contributed by atoms with E-state index in [-0.39, 0.29) is 18.1 Å². The van der Waals surface area contributed by atoms with Gasteiger partial charge in [0.05, 0.1) is 13.3 Å². The molecule has 7 nitrogen and oxygen atoms in total. The molecule has 1 amide bonds. The van der Waals surface area contributed by atoms with E-state index < -0.39 is 0 Å². The number of amides is 1. The third-order valence-electron chi connectivity index (χ3n) is 6.08. The van der Waals surface area contributed by atoms with Gasteiger partial charge < -0.3 is 19.3 Å². The average Bonchev–Trinajstić information content (AvgIpc) is 2.75. The number of methoxy groups -OCH3 is 1. The molecule has 32 heavy (non-hydrogen) atoms. The van der Waals surface area contributed by atoms with Gasteiger partial charge in [0.25, 0.3) is 5.91 Å². The van der Waals surface area contributed by atoms with Gasteiger partial charge in [0.1, 0.15) is 11.5 Å². The van der Waals surface area contributed by atoms with E-state index in [1.54, 1.807) is 13.3 Å². The van der Waals surface area contributed by atoms with Gasteiger partial charge in [-0.2, -0.15) is 5.10 Å². The molecule has 7 heteroatoms. The van der Waals surface area contributed by atoms with Crippen molar-refractivity contribution in [1.82, 2.24) is 5.43 Å². The van der Waals surface area contributed by atoms with Gasteiger partial charge in [0.15, 0.2) is 6.61 Å². The van der Waals surface area contributed by atoms with E-state index in [9.17, 15) is 4.79 Å². The summed E-state index contributed by atoms with van der Waals surface area (Å²) in [6, 6.07) is 11.7. The Kier molecular flexibility index (Phi) is 6.96. The Balaban J connectivity index is 1.67. The van der Waals surface area contributed by atoms with Crippen molar-refractivity contribution in [3.63, 3.8) is 0 Å². The standard InChI is InChI=1S/C25H34N4O3/c1-17-14-25(2,3)29(6)22-13-23(31-7)18(11-21(17)22)15-26-27-24(30)16-32-20-10-8-9-19(12-20)28(4)5/h8-13,15,17H,14,16H2,1-7H3,(H,27,30)/b26-15+. The van der Waals surface area contributed by atoms with Crippen LogP contribution in [0.3, 0.4) is 0 Å². The molecule has 1 atom stereocenters. The monoisotopic (exact) mass is 438 g/mol. The van der Waals surface area contributed by atoms with Gasteiger partial charge in [-0.15, -0.1) is 0 Å². The van der Waals surface area contributed by atoms with Crippen molar-refractivity contribution in [2.75, 3.05) is 44.7 Å². The third-order valence-corrected chi connectivity index (χ3v) is 6.08. The minimum Gasteiger partial charge on any atom is -0.496 e. The summed E-state index contributed by atoms with van der Waals surface area (Å²) in [6.45, 7) is 6.63. The van der Waals surface area contributed by atoms with Crippen LogP contribution >= 0.6 is 0 Å². The zero-order chi connectivity index (χ0) is 23.5. The molecule has 3 rings (SSSR count). The summed E-state index contributed by atoms with van der Waals surface area (Å²) in [5.41, 5.74) is 6.86. The Bertz CT molecular complexity index is 1000. The first-order valence-electron chi connectivity index (χ1n) is 10.8. The maximum absolute atomic E-state index is 12.2. The van der Waals surface area contributed by atoms with Gasteiger partial charge in [-0.1, -0.05) is 13.0 Å². The van der Waals surface area contributed by atoms with Crippen LogP contribution in [0.5, 0.6) is 11.5 Å². The highest BCUT2D eigenvalue weighted by molar-refractivity contribution is 5.87. The third kappa shape index (κ3) is 5.15. The van der Waals surface area contributed by atoms with Crippen molar-refractivity contribution in [2.45, 2.75) is 38.6 Å². The van der Waals surface area contributed by atoms with Gasteiger partial charge in [-0.25, -0.2) is 5.43 Å². The number of carbonyl (C=O) groups excluding carboxylic acids is 1. The summed E-state index contributed by atoms with van der Waals surface area (Å²) in [7, 11) is 7.67. The summed E-state index contributed by atoms with van der Waals surface area (Å²) < 4.78 is 11.2. The number of hydrogen-bond donors (Lipinski definition) is 1. The smallest absolute Gasteiger partial charge is 0.277 e. The Morgan fingerprint density at radius 2 is 2.06 bits per heavy atom. The van der Waals surface area contributed by atoms with Gasteiger partial charge in [0, 0.05) is 55.8 Å². The first-order valence-corrected chi connectivity index (χ1v) is 10.8. The molecule has 0 fully saturated rings. The van der Waals surface area contributed by atoms with Crippen LogP contribution in [0.4, 0.5) is 11.4 Å². The molecule has 0 aliphatic carbocycles. The fourth-order valence-corrected chi connectivity index (χ4v) is 4.09. The zero-order valence-electron chi connectivity index (χ0n) is 20.1. The van der Waals surface area contributed by atoms with Crippen LogP contribution < -0.4 is 24.7 Å². The van der Waals surface area contributed by atoms with Gasteiger partial charge in [-0.05, 0) is 49.9 Å². The minimum atomic E-state index is -0.330. The van der Waals surface area contributed by atoms with Crippen molar-refractivity contribution in [3.05, 3.63) is 47.5 Å². The molecule has 0 saturated carbocycles. The molecular formula is C25H34N4O3. The van der Waals surface area contributed by atoms with Crippen molar-refractivity contribution in [3.8, 4) is 11.5 Å². The van der Waals surface area contributed by atoms with Crippen molar-refractivity contribution >= 4 is 23.5 Å². The maximum atomic E-state index is 12.2. The molecule has 1 aliphatic rings. The van der Waals surface area contributed by atoms with E-state index in [1.807, 2.05) is 43.3 Å². The lowest BCUT2D eigenvalue weighted by atomic mass is 9.80. The first-order chi connectivity index (χ1) is 15.1. The highest BCUT2D eigenvalue weighted by atomic mass is 16.5. The second-order valence-corrected chi connectivity index (χ2v) is 9.10. The summed E-state index contributed by atoms with van der Waals surface area (Å²) in [5, 5.41) is 4.12. The lowest BCUT2D eigenvalue weighted by Gasteiger charge is -2.45. The number of ether oxygens (including phenoxy) is 2. The van der Waals surface area contributed by atoms with Crippen molar-refractivity contribution < 1.29 is 14.3 Å². The van der Waals surface area contributed by atoms with E-state index in [0.717, 1.165) is 23.4 Å². The van der Waals surface area contributed by atoms with Gasteiger partial charge >= 0.3 is 0 Å². The fourth-order valence-electron chi connectivity index (χ4n) is 4.09. The van der Waals surface area contributed by atoms with Crippen LogP contribution in [-0.4, -0.2) is 52.5 Å².